The summed E-state index contributed by atoms with van der Waals surface area (Å²) in [5, 5.41) is 9.46. The summed E-state index contributed by atoms with van der Waals surface area (Å²) in [4.78, 5) is 14.8. The van der Waals surface area contributed by atoms with Crippen LogP contribution in [0.3, 0.4) is 0 Å². The summed E-state index contributed by atoms with van der Waals surface area (Å²) < 4.78 is 0. The molecule has 0 aromatic carbocycles. The molecule has 1 amide bonds. The molecule has 4 aliphatic carbocycles. The topological polar surface area (TPSA) is 40.5 Å². The Kier molecular flexibility index (Phi) is 2.16. The van der Waals surface area contributed by atoms with Gasteiger partial charge in [0.1, 0.15) is 0 Å². The highest BCUT2D eigenvalue weighted by Crippen LogP contribution is 2.69. The van der Waals surface area contributed by atoms with Gasteiger partial charge < -0.3 is 10.0 Å². The maximum atomic E-state index is 12.9. The second kappa shape index (κ2) is 3.36. The number of likely N-dealkylation sites (tertiary alicyclic amines) is 1. The third-order valence-corrected chi connectivity index (χ3v) is 6.23. The van der Waals surface area contributed by atoms with Gasteiger partial charge in [-0.15, -0.1) is 0 Å². The third-order valence-electron chi connectivity index (χ3n) is 6.23. The standard InChI is InChI=1S/C16H25NO2/c1-14-3-11-4-15(2,8-14)10-16(5-11,9-14)13(19)17-6-12(18)7-17/h11-12,18H,3-10H2,1-2H3/t11?,14-,15+,16?. The van der Waals surface area contributed by atoms with Gasteiger partial charge >= 0.3 is 0 Å². The van der Waals surface area contributed by atoms with Gasteiger partial charge in [-0.05, 0) is 55.3 Å². The van der Waals surface area contributed by atoms with Crippen molar-refractivity contribution in [1.82, 2.24) is 4.90 Å². The van der Waals surface area contributed by atoms with E-state index in [-0.39, 0.29) is 11.5 Å². The van der Waals surface area contributed by atoms with E-state index in [1.165, 1.54) is 19.3 Å². The van der Waals surface area contributed by atoms with Crippen LogP contribution < -0.4 is 0 Å². The highest BCUT2D eigenvalue weighted by Gasteiger charge is 2.63. The van der Waals surface area contributed by atoms with Gasteiger partial charge in [0.15, 0.2) is 0 Å². The SMILES string of the molecule is C[C@]12CC3CC(C(=O)N4CC(O)C4)(C1)C[C@@](C)(C3)C2. The van der Waals surface area contributed by atoms with Gasteiger partial charge in [-0.3, -0.25) is 4.79 Å². The van der Waals surface area contributed by atoms with Crippen molar-refractivity contribution in [2.45, 2.75) is 58.5 Å². The number of hydrogen-bond donors (Lipinski definition) is 1. The van der Waals surface area contributed by atoms with Crippen molar-refractivity contribution < 1.29 is 9.90 Å². The summed E-state index contributed by atoms with van der Waals surface area (Å²) in [6, 6.07) is 0. The Balaban J connectivity index is 1.65. The smallest absolute Gasteiger partial charge is 0.229 e. The first-order valence-electron chi connectivity index (χ1n) is 7.79. The van der Waals surface area contributed by atoms with Crippen LogP contribution in [0.4, 0.5) is 0 Å². The zero-order chi connectivity index (χ0) is 13.5. The summed E-state index contributed by atoms with van der Waals surface area (Å²) in [5.74, 6) is 1.13. The van der Waals surface area contributed by atoms with Crippen LogP contribution in [0, 0.1) is 22.2 Å². The second-order valence-electron chi connectivity index (χ2n) is 8.77. The van der Waals surface area contributed by atoms with E-state index < -0.39 is 0 Å². The lowest BCUT2D eigenvalue weighted by molar-refractivity contribution is -0.186. The molecule has 1 heterocycles. The molecular formula is C16H25NO2. The average molecular weight is 263 g/mol. The molecule has 4 atom stereocenters. The normalized spacial score (nSPS) is 52.4. The molecule has 106 valence electrons. The molecule has 3 heteroatoms. The van der Waals surface area contributed by atoms with Crippen LogP contribution in [0.1, 0.15) is 52.4 Å². The van der Waals surface area contributed by atoms with E-state index in [1.807, 2.05) is 4.90 Å². The van der Waals surface area contributed by atoms with Crippen LogP contribution in [0.25, 0.3) is 0 Å². The van der Waals surface area contributed by atoms with Crippen LogP contribution >= 0.6 is 0 Å². The molecule has 0 spiro atoms. The molecule has 2 unspecified atom stereocenters. The Hall–Kier alpha value is -0.570. The number of aliphatic hydroxyl groups is 1. The first-order chi connectivity index (χ1) is 8.82. The Morgan fingerprint density at radius 3 is 2.11 bits per heavy atom. The first-order valence-corrected chi connectivity index (χ1v) is 7.79. The quantitative estimate of drug-likeness (QED) is 0.788. The van der Waals surface area contributed by atoms with Gasteiger partial charge in [-0.2, -0.15) is 0 Å². The van der Waals surface area contributed by atoms with Gasteiger partial charge in [0.25, 0.3) is 0 Å². The van der Waals surface area contributed by atoms with Crippen molar-refractivity contribution in [2.75, 3.05) is 13.1 Å². The molecule has 5 aliphatic rings. The van der Waals surface area contributed by atoms with Crippen LogP contribution in [-0.4, -0.2) is 35.1 Å². The van der Waals surface area contributed by atoms with E-state index >= 15 is 0 Å². The number of rotatable bonds is 1. The van der Waals surface area contributed by atoms with Crippen molar-refractivity contribution in [3.05, 3.63) is 0 Å². The van der Waals surface area contributed by atoms with E-state index in [0.29, 0.717) is 29.8 Å². The molecule has 0 aromatic rings. The van der Waals surface area contributed by atoms with Crippen molar-refractivity contribution in [2.24, 2.45) is 22.2 Å². The van der Waals surface area contributed by atoms with E-state index in [1.54, 1.807) is 0 Å². The van der Waals surface area contributed by atoms with Crippen LogP contribution in [0.5, 0.6) is 0 Å². The third kappa shape index (κ3) is 1.63. The first kappa shape index (κ1) is 12.2. The number of nitrogens with zero attached hydrogens (tertiary/aromatic N) is 1. The number of amides is 1. The Labute approximate surface area is 115 Å². The van der Waals surface area contributed by atoms with Gasteiger partial charge in [-0.25, -0.2) is 0 Å². The van der Waals surface area contributed by atoms with E-state index in [0.717, 1.165) is 25.2 Å². The summed E-state index contributed by atoms with van der Waals surface area (Å²) in [5.41, 5.74) is 0.712. The fraction of sp³-hybridized carbons (Fsp3) is 0.938. The van der Waals surface area contributed by atoms with Crippen LogP contribution in [-0.2, 0) is 4.79 Å². The van der Waals surface area contributed by atoms with Crippen molar-refractivity contribution in [3.8, 4) is 0 Å². The minimum atomic E-state index is -0.274. The van der Waals surface area contributed by atoms with Crippen molar-refractivity contribution in [1.29, 1.82) is 0 Å². The van der Waals surface area contributed by atoms with E-state index in [2.05, 4.69) is 13.8 Å². The number of carbonyl (C=O) groups excluding carboxylic acids is 1. The highest BCUT2D eigenvalue weighted by molar-refractivity contribution is 5.84. The van der Waals surface area contributed by atoms with Crippen molar-refractivity contribution >= 4 is 5.91 Å². The summed E-state index contributed by atoms with van der Waals surface area (Å²) >= 11 is 0. The fourth-order valence-corrected chi connectivity index (χ4v) is 6.64. The van der Waals surface area contributed by atoms with Gasteiger partial charge in [-0.1, -0.05) is 13.8 Å². The molecule has 1 aliphatic heterocycles. The van der Waals surface area contributed by atoms with E-state index in [9.17, 15) is 9.90 Å². The molecular weight excluding hydrogens is 238 g/mol. The monoisotopic (exact) mass is 263 g/mol. The largest absolute Gasteiger partial charge is 0.389 e. The van der Waals surface area contributed by atoms with Gasteiger partial charge in [0.2, 0.25) is 5.91 Å². The fourth-order valence-electron chi connectivity index (χ4n) is 6.64. The van der Waals surface area contributed by atoms with Gasteiger partial charge in [0.05, 0.1) is 11.5 Å². The second-order valence-corrected chi connectivity index (χ2v) is 8.77. The maximum Gasteiger partial charge on any atom is 0.229 e. The molecule has 0 aromatic heterocycles. The van der Waals surface area contributed by atoms with Crippen molar-refractivity contribution in [3.63, 3.8) is 0 Å². The Morgan fingerprint density at radius 2 is 1.63 bits per heavy atom. The summed E-state index contributed by atoms with van der Waals surface area (Å²) in [7, 11) is 0. The average Bonchev–Trinajstić information content (AvgIpc) is 2.18. The summed E-state index contributed by atoms with van der Waals surface area (Å²) in [6.45, 7) is 5.95. The van der Waals surface area contributed by atoms with Crippen LogP contribution in [0.2, 0.25) is 0 Å². The minimum Gasteiger partial charge on any atom is -0.389 e. The molecule has 3 nitrogen and oxygen atoms in total. The van der Waals surface area contributed by atoms with E-state index in [4.69, 9.17) is 0 Å². The number of hydrogen-bond acceptors (Lipinski definition) is 2. The zero-order valence-corrected chi connectivity index (χ0v) is 12.1. The number of β-amino-alcohol motifs (C(OH)–C–C–N with tert-alkyl or cyclic N) is 1. The maximum absolute atomic E-state index is 12.9. The molecule has 0 radical (unpaired) electrons. The molecule has 5 rings (SSSR count). The molecule has 5 fully saturated rings. The zero-order valence-electron chi connectivity index (χ0n) is 12.1. The molecule has 4 bridgehead atoms. The molecule has 1 saturated heterocycles. The van der Waals surface area contributed by atoms with Crippen LogP contribution in [0.15, 0.2) is 0 Å². The Morgan fingerprint density at radius 1 is 1.05 bits per heavy atom. The summed E-state index contributed by atoms with van der Waals surface area (Å²) in [6.07, 6.45) is 7.01. The van der Waals surface area contributed by atoms with Gasteiger partial charge in [0, 0.05) is 13.1 Å². The number of carbonyl (C=O) groups is 1. The Bertz CT molecular complexity index is 422. The lowest BCUT2D eigenvalue weighted by atomic mass is 9.40. The minimum absolute atomic E-state index is 0.0803. The molecule has 1 N–H and O–H groups in total. The lowest BCUT2D eigenvalue weighted by Crippen LogP contribution is -2.64. The predicted molar refractivity (Wildman–Crippen MR) is 72.4 cm³/mol. The number of aliphatic hydroxyl groups excluding tert-OH is 1. The predicted octanol–water partition coefficient (Wildman–Crippen LogP) is 2.19. The molecule has 19 heavy (non-hydrogen) atoms. The lowest BCUT2D eigenvalue weighted by Gasteiger charge is -2.65. The molecule has 4 saturated carbocycles. The highest BCUT2D eigenvalue weighted by atomic mass is 16.3.